The fourth-order valence-corrected chi connectivity index (χ4v) is 3.24. The summed E-state index contributed by atoms with van der Waals surface area (Å²) in [5.41, 5.74) is 2.47. The van der Waals surface area contributed by atoms with E-state index in [1.54, 1.807) is 35.2 Å². The molecule has 1 aliphatic rings. The van der Waals surface area contributed by atoms with Crippen molar-refractivity contribution < 1.29 is 19.1 Å². The molecule has 7 heteroatoms. The van der Waals surface area contributed by atoms with Crippen LogP contribution in [0.3, 0.4) is 0 Å². The van der Waals surface area contributed by atoms with Gasteiger partial charge in [-0.2, -0.15) is 0 Å². The molecule has 1 aliphatic heterocycles. The second-order valence-electron chi connectivity index (χ2n) is 7.14. The highest BCUT2D eigenvalue weighted by Gasteiger charge is 2.34. The molecular weight excluding hydrogens is 382 g/mol. The maximum Gasteiger partial charge on any atom is 0.262 e. The smallest absolute Gasteiger partial charge is 0.262 e. The number of carbonyl (C=O) groups excluding carboxylic acids is 3. The normalized spacial score (nSPS) is 15.6. The standard InChI is InChI=1S/C23H25N3O4/c1-3-11-24-23(29)17-13-22(28)26(14-17)19-7-9-20(10-8-19)30-15-21(27)25-18-6-4-5-16(2)12-18/h3-10,12,17H,1,11,13-15H2,2H3,(H,24,29)(H,25,27). The van der Waals surface area contributed by atoms with E-state index in [-0.39, 0.29) is 36.7 Å². The molecule has 1 saturated heterocycles. The first-order valence-corrected chi connectivity index (χ1v) is 9.74. The molecule has 0 saturated carbocycles. The number of benzene rings is 2. The molecule has 3 rings (SSSR count). The Morgan fingerprint density at radius 2 is 2.00 bits per heavy atom. The van der Waals surface area contributed by atoms with Crippen molar-refractivity contribution in [3.8, 4) is 5.75 Å². The van der Waals surface area contributed by atoms with Crippen LogP contribution in [0, 0.1) is 12.8 Å². The SMILES string of the molecule is C=CCNC(=O)C1CC(=O)N(c2ccc(OCC(=O)Nc3cccc(C)c3)cc2)C1. The zero-order chi connectivity index (χ0) is 21.5. The molecule has 30 heavy (non-hydrogen) atoms. The molecule has 1 fully saturated rings. The lowest BCUT2D eigenvalue weighted by Gasteiger charge is -2.17. The molecule has 2 N–H and O–H groups in total. The number of aryl methyl sites for hydroxylation is 1. The van der Waals surface area contributed by atoms with Crippen molar-refractivity contribution >= 4 is 29.1 Å². The van der Waals surface area contributed by atoms with Crippen LogP contribution in [0.1, 0.15) is 12.0 Å². The molecule has 0 bridgehead atoms. The molecule has 2 aromatic rings. The van der Waals surface area contributed by atoms with Crippen LogP contribution in [-0.4, -0.2) is 37.4 Å². The van der Waals surface area contributed by atoms with Gasteiger partial charge in [0.15, 0.2) is 6.61 Å². The number of hydrogen-bond acceptors (Lipinski definition) is 4. The van der Waals surface area contributed by atoms with Gasteiger partial charge in [-0.1, -0.05) is 18.2 Å². The second-order valence-corrected chi connectivity index (χ2v) is 7.14. The highest BCUT2D eigenvalue weighted by Crippen LogP contribution is 2.27. The number of hydrogen-bond donors (Lipinski definition) is 2. The predicted molar refractivity (Wildman–Crippen MR) is 115 cm³/mol. The summed E-state index contributed by atoms with van der Waals surface area (Å²) < 4.78 is 5.53. The first-order valence-electron chi connectivity index (χ1n) is 9.74. The van der Waals surface area contributed by atoms with Crippen molar-refractivity contribution in [1.82, 2.24) is 5.32 Å². The average Bonchev–Trinajstić information content (AvgIpc) is 3.12. The molecule has 0 spiro atoms. The van der Waals surface area contributed by atoms with Crippen LogP contribution in [0.25, 0.3) is 0 Å². The van der Waals surface area contributed by atoms with Crippen molar-refractivity contribution in [2.45, 2.75) is 13.3 Å². The van der Waals surface area contributed by atoms with Crippen molar-refractivity contribution in [1.29, 1.82) is 0 Å². The monoisotopic (exact) mass is 407 g/mol. The summed E-state index contributed by atoms with van der Waals surface area (Å²) in [6, 6.07) is 14.4. The van der Waals surface area contributed by atoms with Gasteiger partial charge in [-0.15, -0.1) is 6.58 Å². The summed E-state index contributed by atoms with van der Waals surface area (Å²) >= 11 is 0. The highest BCUT2D eigenvalue weighted by atomic mass is 16.5. The van der Waals surface area contributed by atoms with E-state index in [9.17, 15) is 14.4 Å². The minimum absolute atomic E-state index is 0.0973. The Hall–Kier alpha value is -3.61. The van der Waals surface area contributed by atoms with E-state index < -0.39 is 0 Å². The summed E-state index contributed by atoms with van der Waals surface area (Å²) in [6.07, 6.45) is 1.78. The highest BCUT2D eigenvalue weighted by molar-refractivity contribution is 6.00. The predicted octanol–water partition coefficient (Wildman–Crippen LogP) is 2.67. The zero-order valence-corrected chi connectivity index (χ0v) is 16.9. The number of anilines is 2. The van der Waals surface area contributed by atoms with E-state index in [2.05, 4.69) is 17.2 Å². The molecule has 1 heterocycles. The maximum atomic E-state index is 12.3. The van der Waals surface area contributed by atoms with E-state index in [1.165, 1.54) is 0 Å². The van der Waals surface area contributed by atoms with Crippen LogP contribution < -0.4 is 20.3 Å². The molecule has 2 aromatic carbocycles. The summed E-state index contributed by atoms with van der Waals surface area (Å²) in [6.45, 7) is 6.11. The van der Waals surface area contributed by atoms with Crippen molar-refractivity contribution in [3.05, 3.63) is 66.7 Å². The van der Waals surface area contributed by atoms with Crippen LogP contribution in [0.15, 0.2) is 61.2 Å². The largest absolute Gasteiger partial charge is 0.484 e. The third-order valence-corrected chi connectivity index (χ3v) is 4.74. The molecule has 1 atom stereocenters. The third-order valence-electron chi connectivity index (χ3n) is 4.74. The first-order chi connectivity index (χ1) is 14.5. The van der Waals surface area contributed by atoms with Gasteiger partial charge in [-0.05, 0) is 48.9 Å². The lowest BCUT2D eigenvalue weighted by molar-refractivity contribution is -0.126. The average molecular weight is 407 g/mol. The van der Waals surface area contributed by atoms with Gasteiger partial charge in [-0.3, -0.25) is 14.4 Å². The van der Waals surface area contributed by atoms with Crippen LogP contribution >= 0.6 is 0 Å². The van der Waals surface area contributed by atoms with Gasteiger partial charge in [-0.25, -0.2) is 0 Å². The number of ether oxygens (including phenoxy) is 1. The van der Waals surface area contributed by atoms with Crippen LogP contribution in [0.4, 0.5) is 11.4 Å². The topological polar surface area (TPSA) is 87.7 Å². The molecule has 0 aliphatic carbocycles. The van der Waals surface area contributed by atoms with E-state index in [1.807, 2.05) is 31.2 Å². The maximum absolute atomic E-state index is 12.3. The van der Waals surface area contributed by atoms with E-state index in [0.29, 0.717) is 24.5 Å². The Balaban J connectivity index is 1.52. The molecule has 1 unspecified atom stereocenters. The fraction of sp³-hybridized carbons (Fsp3) is 0.261. The van der Waals surface area contributed by atoms with Gasteiger partial charge in [0.25, 0.3) is 5.91 Å². The second kappa shape index (κ2) is 9.73. The van der Waals surface area contributed by atoms with Gasteiger partial charge < -0.3 is 20.3 Å². The quantitative estimate of drug-likeness (QED) is 0.659. The molecule has 0 aromatic heterocycles. The van der Waals surface area contributed by atoms with Crippen molar-refractivity contribution in [2.24, 2.45) is 5.92 Å². The summed E-state index contributed by atoms with van der Waals surface area (Å²) in [7, 11) is 0. The lowest BCUT2D eigenvalue weighted by atomic mass is 10.1. The van der Waals surface area contributed by atoms with E-state index in [4.69, 9.17) is 4.74 Å². The van der Waals surface area contributed by atoms with E-state index >= 15 is 0 Å². The molecule has 3 amide bonds. The molecule has 0 radical (unpaired) electrons. The van der Waals surface area contributed by atoms with Crippen molar-refractivity contribution in [2.75, 3.05) is 29.9 Å². The van der Waals surface area contributed by atoms with Gasteiger partial charge >= 0.3 is 0 Å². The van der Waals surface area contributed by atoms with E-state index in [0.717, 1.165) is 11.3 Å². The number of nitrogens with zero attached hydrogens (tertiary/aromatic N) is 1. The molecule has 7 nitrogen and oxygen atoms in total. The van der Waals surface area contributed by atoms with Crippen LogP contribution in [0.5, 0.6) is 5.75 Å². The Kier molecular flexibility index (Phi) is 6.85. The number of amides is 3. The Bertz CT molecular complexity index is 940. The van der Waals surface area contributed by atoms with Crippen molar-refractivity contribution in [3.63, 3.8) is 0 Å². The molecular formula is C23H25N3O4. The summed E-state index contributed by atoms with van der Waals surface area (Å²) in [5, 5.41) is 5.51. The number of nitrogens with one attached hydrogen (secondary N) is 2. The van der Waals surface area contributed by atoms with Gasteiger partial charge in [0.2, 0.25) is 11.8 Å². The lowest BCUT2D eigenvalue weighted by Crippen LogP contribution is -2.32. The number of rotatable bonds is 8. The van der Waals surface area contributed by atoms with Gasteiger partial charge in [0.05, 0.1) is 5.92 Å². The first kappa shape index (κ1) is 21.1. The summed E-state index contributed by atoms with van der Waals surface area (Å²) in [5.74, 6) is -0.359. The Labute approximate surface area is 175 Å². The minimum Gasteiger partial charge on any atom is -0.484 e. The zero-order valence-electron chi connectivity index (χ0n) is 16.9. The Morgan fingerprint density at radius 1 is 1.23 bits per heavy atom. The third kappa shape index (κ3) is 5.47. The van der Waals surface area contributed by atoms with Crippen LogP contribution in [0.2, 0.25) is 0 Å². The fourth-order valence-electron chi connectivity index (χ4n) is 3.24. The van der Waals surface area contributed by atoms with Crippen LogP contribution in [-0.2, 0) is 14.4 Å². The Morgan fingerprint density at radius 3 is 2.70 bits per heavy atom. The van der Waals surface area contributed by atoms with Gasteiger partial charge in [0.1, 0.15) is 5.75 Å². The minimum atomic E-state index is -0.376. The number of carbonyl (C=O) groups is 3. The summed E-state index contributed by atoms with van der Waals surface area (Å²) in [4.78, 5) is 38.0. The molecule has 156 valence electrons. The van der Waals surface area contributed by atoms with Gasteiger partial charge in [0, 0.05) is 30.9 Å².